The summed E-state index contributed by atoms with van der Waals surface area (Å²) in [6.07, 6.45) is 7.13. The van der Waals surface area contributed by atoms with E-state index in [9.17, 15) is 9.59 Å². The molecule has 3 N–H and O–H groups in total. The van der Waals surface area contributed by atoms with Gasteiger partial charge in [-0.3, -0.25) is 9.59 Å². The first-order valence-corrected chi connectivity index (χ1v) is 9.86. The van der Waals surface area contributed by atoms with Gasteiger partial charge in [-0.2, -0.15) is 0 Å². The molecule has 1 heterocycles. The quantitative estimate of drug-likeness (QED) is 0.730. The van der Waals surface area contributed by atoms with Crippen LogP contribution in [0.4, 0.5) is 5.00 Å². The predicted molar refractivity (Wildman–Crippen MR) is 108 cm³/mol. The lowest BCUT2D eigenvalue weighted by molar-refractivity contribution is -0.111. The fourth-order valence-electron chi connectivity index (χ4n) is 3.25. The average molecular weight is 389 g/mol. The minimum Gasteiger partial charge on any atom is -0.365 e. The number of primary amides is 1. The van der Waals surface area contributed by atoms with Crippen molar-refractivity contribution >= 4 is 45.8 Å². The van der Waals surface area contributed by atoms with Crippen molar-refractivity contribution in [3.05, 3.63) is 56.9 Å². The zero-order chi connectivity index (χ0) is 18.7. The van der Waals surface area contributed by atoms with Gasteiger partial charge < -0.3 is 11.1 Å². The second-order valence-corrected chi connectivity index (χ2v) is 8.00. The molecule has 0 radical (unpaired) electrons. The van der Waals surface area contributed by atoms with E-state index in [2.05, 4.69) is 12.2 Å². The Hall–Kier alpha value is -2.11. The van der Waals surface area contributed by atoms with Crippen LogP contribution < -0.4 is 11.1 Å². The Bertz CT molecular complexity index is 855. The van der Waals surface area contributed by atoms with Crippen LogP contribution >= 0.6 is 22.9 Å². The molecule has 1 atom stereocenters. The van der Waals surface area contributed by atoms with Crippen LogP contribution in [0.25, 0.3) is 6.08 Å². The van der Waals surface area contributed by atoms with Crippen molar-refractivity contribution in [1.82, 2.24) is 0 Å². The van der Waals surface area contributed by atoms with E-state index in [0.717, 1.165) is 36.8 Å². The van der Waals surface area contributed by atoms with Gasteiger partial charge in [0.05, 0.1) is 5.56 Å². The number of amides is 2. The molecular formula is C20H21ClN2O2S. The molecule has 0 spiro atoms. The highest BCUT2D eigenvalue weighted by Crippen LogP contribution is 2.40. The van der Waals surface area contributed by atoms with Crippen molar-refractivity contribution in [2.45, 2.75) is 32.6 Å². The third-order valence-corrected chi connectivity index (χ3v) is 6.15. The standard InChI is InChI=1S/C20H21ClN2O2S/c1-2-12-5-9-15-16(11-12)26-20(18(15)19(22)25)23-17(24)10-6-13-3-7-14(21)8-4-13/h3-4,6-8,10,12H,2,5,9,11H2,1H3,(H2,22,25)(H,23,24). The number of hydrogen-bond donors (Lipinski definition) is 2. The summed E-state index contributed by atoms with van der Waals surface area (Å²) in [4.78, 5) is 25.4. The summed E-state index contributed by atoms with van der Waals surface area (Å²) < 4.78 is 0. The van der Waals surface area contributed by atoms with Crippen LogP contribution in [0, 0.1) is 5.92 Å². The summed E-state index contributed by atoms with van der Waals surface area (Å²) in [5.41, 5.74) is 7.96. The summed E-state index contributed by atoms with van der Waals surface area (Å²) in [6.45, 7) is 2.18. The van der Waals surface area contributed by atoms with Gasteiger partial charge in [0.15, 0.2) is 0 Å². The molecule has 136 valence electrons. The van der Waals surface area contributed by atoms with E-state index < -0.39 is 5.91 Å². The Morgan fingerprint density at radius 2 is 2.08 bits per heavy atom. The van der Waals surface area contributed by atoms with Gasteiger partial charge in [0, 0.05) is 16.0 Å². The number of anilines is 1. The van der Waals surface area contributed by atoms with Crippen LogP contribution in [0.2, 0.25) is 5.02 Å². The van der Waals surface area contributed by atoms with Crippen LogP contribution in [-0.2, 0) is 17.6 Å². The number of nitrogens with one attached hydrogen (secondary N) is 1. The Balaban J connectivity index is 1.78. The number of fused-ring (bicyclic) bond motifs is 1. The molecule has 1 aliphatic carbocycles. The van der Waals surface area contributed by atoms with Crippen LogP contribution in [0.15, 0.2) is 30.3 Å². The molecule has 0 saturated carbocycles. The van der Waals surface area contributed by atoms with Gasteiger partial charge in [-0.05, 0) is 54.5 Å². The highest BCUT2D eigenvalue weighted by atomic mass is 35.5. The molecule has 2 amide bonds. The number of nitrogens with two attached hydrogens (primary N) is 1. The lowest BCUT2D eigenvalue weighted by Crippen LogP contribution is -2.19. The van der Waals surface area contributed by atoms with Gasteiger partial charge >= 0.3 is 0 Å². The van der Waals surface area contributed by atoms with Crippen LogP contribution in [0.3, 0.4) is 0 Å². The molecule has 6 heteroatoms. The third-order valence-electron chi connectivity index (χ3n) is 4.72. The van der Waals surface area contributed by atoms with Crippen LogP contribution in [0.1, 0.15) is 46.1 Å². The first-order valence-electron chi connectivity index (χ1n) is 8.67. The summed E-state index contributed by atoms with van der Waals surface area (Å²) in [7, 11) is 0. The van der Waals surface area contributed by atoms with Gasteiger partial charge in [0.25, 0.3) is 5.91 Å². The van der Waals surface area contributed by atoms with E-state index in [4.69, 9.17) is 17.3 Å². The maximum atomic E-state index is 12.3. The number of thiophene rings is 1. The molecule has 0 fully saturated rings. The highest BCUT2D eigenvalue weighted by molar-refractivity contribution is 7.17. The number of benzene rings is 1. The van der Waals surface area contributed by atoms with Crippen molar-refractivity contribution in [2.24, 2.45) is 11.7 Å². The largest absolute Gasteiger partial charge is 0.365 e. The lowest BCUT2D eigenvalue weighted by Gasteiger charge is -2.20. The zero-order valence-corrected chi connectivity index (χ0v) is 16.1. The topological polar surface area (TPSA) is 72.2 Å². The molecule has 1 aliphatic rings. The maximum Gasteiger partial charge on any atom is 0.251 e. The second-order valence-electron chi connectivity index (χ2n) is 6.46. The predicted octanol–water partition coefficient (Wildman–Crippen LogP) is 4.67. The molecule has 0 aliphatic heterocycles. The lowest BCUT2D eigenvalue weighted by atomic mass is 9.85. The van der Waals surface area contributed by atoms with E-state index >= 15 is 0 Å². The smallest absolute Gasteiger partial charge is 0.251 e. The fourth-order valence-corrected chi connectivity index (χ4v) is 4.75. The fraction of sp³-hybridized carbons (Fsp3) is 0.300. The number of carbonyl (C=O) groups excluding carboxylic acids is 2. The van der Waals surface area contributed by atoms with Gasteiger partial charge in [-0.25, -0.2) is 0 Å². The molecule has 1 aromatic carbocycles. The normalized spacial score (nSPS) is 16.5. The van der Waals surface area contributed by atoms with E-state index in [1.165, 1.54) is 22.3 Å². The van der Waals surface area contributed by atoms with Gasteiger partial charge in [-0.15, -0.1) is 11.3 Å². The number of rotatable bonds is 5. The molecule has 1 unspecified atom stereocenters. The van der Waals surface area contributed by atoms with Crippen molar-refractivity contribution in [2.75, 3.05) is 5.32 Å². The van der Waals surface area contributed by atoms with E-state index in [1.807, 2.05) is 12.1 Å². The molecule has 1 aromatic heterocycles. The first-order chi connectivity index (χ1) is 12.5. The molecule has 3 rings (SSSR count). The Labute approximate surface area is 162 Å². The SMILES string of the molecule is CCC1CCc2c(sc(NC(=O)C=Cc3ccc(Cl)cc3)c2C(N)=O)C1. The van der Waals surface area contributed by atoms with Crippen LogP contribution in [0.5, 0.6) is 0 Å². The van der Waals surface area contributed by atoms with E-state index in [-0.39, 0.29) is 5.91 Å². The summed E-state index contributed by atoms with van der Waals surface area (Å²) >= 11 is 7.33. The first kappa shape index (κ1) is 18.7. The Morgan fingerprint density at radius 3 is 2.73 bits per heavy atom. The summed E-state index contributed by atoms with van der Waals surface area (Å²) in [5.74, 6) is -0.127. The van der Waals surface area contributed by atoms with Crippen LogP contribution in [-0.4, -0.2) is 11.8 Å². The van der Waals surface area contributed by atoms with E-state index in [1.54, 1.807) is 18.2 Å². The Morgan fingerprint density at radius 1 is 1.35 bits per heavy atom. The summed E-state index contributed by atoms with van der Waals surface area (Å²) in [5, 5.41) is 4.04. The monoisotopic (exact) mass is 388 g/mol. The molecular weight excluding hydrogens is 368 g/mol. The molecule has 0 saturated heterocycles. The van der Waals surface area contributed by atoms with Gasteiger partial charge in [-0.1, -0.05) is 37.1 Å². The third kappa shape index (κ3) is 4.17. The molecule has 26 heavy (non-hydrogen) atoms. The molecule has 4 nitrogen and oxygen atoms in total. The zero-order valence-electron chi connectivity index (χ0n) is 14.5. The van der Waals surface area contributed by atoms with E-state index in [0.29, 0.717) is 21.5 Å². The molecule has 0 bridgehead atoms. The van der Waals surface area contributed by atoms with Crippen molar-refractivity contribution in [3.63, 3.8) is 0 Å². The molecule has 2 aromatic rings. The van der Waals surface area contributed by atoms with Gasteiger partial charge in [0.2, 0.25) is 5.91 Å². The van der Waals surface area contributed by atoms with Gasteiger partial charge in [0.1, 0.15) is 5.00 Å². The maximum absolute atomic E-state index is 12.3. The minimum atomic E-state index is -0.477. The number of carbonyl (C=O) groups is 2. The number of hydrogen-bond acceptors (Lipinski definition) is 3. The Kier molecular flexibility index (Phi) is 5.79. The summed E-state index contributed by atoms with van der Waals surface area (Å²) in [6, 6.07) is 7.19. The number of halogens is 1. The van der Waals surface area contributed by atoms with Crippen molar-refractivity contribution in [3.8, 4) is 0 Å². The minimum absolute atomic E-state index is 0.284. The van der Waals surface area contributed by atoms with Crippen molar-refractivity contribution < 1.29 is 9.59 Å². The van der Waals surface area contributed by atoms with Crippen molar-refractivity contribution in [1.29, 1.82) is 0 Å². The average Bonchev–Trinajstić information content (AvgIpc) is 2.98. The highest BCUT2D eigenvalue weighted by Gasteiger charge is 2.27. The second kappa shape index (κ2) is 8.06.